The van der Waals surface area contributed by atoms with Crippen LogP contribution >= 0.6 is 22.7 Å². The number of rotatable bonds is 6. The van der Waals surface area contributed by atoms with Gasteiger partial charge in [0.25, 0.3) is 0 Å². The minimum absolute atomic E-state index is 0.0364. The number of nitrogens with zero attached hydrogens (tertiary/aromatic N) is 2. The maximum atomic E-state index is 11.6. The van der Waals surface area contributed by atoms with Crippen LogP contribution in [0.1, 0.15) is 21.2 Å². The van der Waals surface area contributed by atoms with Gasteiger partial charge in [-0.05, 0) is 0 Å². The Morgan fingerprint density at radius 3 is 2.70 bits per heavy atom. The molecule has 0 fully saturated rings. The van der Waals surface area contributed by atoms with Gasteiger partial charge in [0.2, 0.25) is 5.91 Å². The van der Waals surface area contributed by atoms with Gasteiger partial charge in [0.05, 0.1) is 17.1 Å². The molecule has 0 aliphatic carbocycles. The lowest BCUT2D eigenvalue weighted by atomic mass is 10.3. The first-order valence-electron chi connectivity index (χ1n) is 5.69. The van der Waals surface area contributed by atoms with E-state index in [2.05, 4.69) is 15.3 Å². The van der Waals surface area contributed by atoms with Crippen molar-refractivity contribution in [3.05, 3.63) is 27.2 Å². The van der Waals surface area contributed by atoms with Crippen molar-refractivity contribution >= 4 is 39.7 Å². The second-order valence-electron chi connectivity index (χ2n) is 3.89. The number of nitrogens with one attached hydrogen (secondary N) is 1. The first-order chi connectivity index (χ1) is 9.54. The van der Waals surface area contributed by atoms with Gasteiger partial charge in [-0.25, -0.2) is 14.8 Å². The van der Waals surface area contributed by atoms with E-state index in [0.717, 1.165) is 0 Å². The maximum absolute atomic E-state index is 11.6. The van der Waals surface area contributed by atoms with Crippen LogP contribution in [-0.2, 0) is 17.6 Å². The molecule has 4 N–H and O–H groups in total. The minimum atomic E-state index is -1.04. The fraction of sp³-hybridized carbons (Fsp3) is 0.273. The number of amides is 1. The van der Waals surface area contributed by atoms with Crippen molar-refractivity contribution in [2.75, 3.05) is 12.3 Å². The molecule has 9 heteroatoms. The molecule has 1 amide bonds. The molecule has 0 aliphatic heterocycles. The summed E-state index contributed by atoms with van der Waals surface area (Å²) in [7, 11) is 0. The maximum Gasteiger partial charge on any atom is 0.355 e. The number of nitrogen functional groups attached to an aromatic ring is 1. The number of nitrogens with two attached hydrogens (primary N) is 1. The molecule has 106 valence electrons. The molecule has 7 nitrogen and oxygen atoms in total. The number of hydrogen-bond donors (Lipinski definition) is 3. The summed E-state index contributed by atoms with van der Waals surface area (Å²) in [5, 5.41) is 15.8. The molecule has 0 saturated carbocycles. The first-order valence-corrected chi connectivity index (χ1v) is 7.45. The van der Waals surface area contributed by atoms with Crippen molar-refractivity contribution in [1.82, 2.24) is 15.3 Å². The largest absolute Gasteiger partial charge is 0.476 e. The minimum Gasteiger partial charge on any atom is -0.476 e. The summed E-state index contributed by atoms with van der Waals surface area (Å²) in [6.07, 6.45) is 0.689. The lowest BCUT2D eigenvalue weighted by Gasteiger charge is -2.01. The number of carboxylic acids is 1. The van der Waals surface area contributed by atoms with Gasteiger partial charge >= 0.3 is 5.97 Å². The van der Waals surface area contributed by atoms with Crippen LogP contribution in [0.15, 0.2) is 10.8 Å². The highest BCUT2D eigenvalue weighted by Crippen LogP contribution is 2.12. The van der Waals surface area contributed by atoms with Gasteiger partial charge in [-0.15, -0.1) is 22.7 Å². The Kier molecular flexibility index (Phi) is 4.64. The average molecular weight is 312 g/mol. The van der Waals surface area contributed by atoms with Crippen LogP contribution in [0.2, 0.25) is 0 Å². The van der Waals surface area contributed by atoms with Crippen LogP contribution < -0.4 is 11.1 Å². The number of carbonyl (C=O) groups excluding carboxylic acids is 1. The predicted octanol–water partition coefficient (Wildman–Crippen LogP) is 0.781. The highest BCUT2D eigenvalue weighted by molar-refractivity contribution is 7.13. The summed E-state index contributed by atoms with van der Waals surface area (Å²) in [6, 6.07) is 0. The third-order valence-electron chi connectivity index (χ3n) is 2.34. The molecule has 0 saturated heterocycles. The normalized spacial score (nSPS) is 10.4. The Morgan fingerprint density at radius 2 is 2.10 bits per heavy atom. The van der Waals surface area contributed by atoms with E-state index in [1.807, 2.05) is 0 Å². The molecule has 0 radical (unpaired) electrons. The Hall–Kier alpha value is -2.00. The van der Waals surface area contributed by atoms with Crippen molar-refractivity contribution < 1.29 is 14.7 Å². The van der Waals surface area contributed by atoms with Gasteiger partial charge in [-0.3, -0.25) is 4.79 Å². The quantitative estimate of drug-likeness (QED) is 0.725. The zero-order chi connectivity index (χ0) is 14.5. The van der Waals surface area contributed by atoms with Gasteiger partial charge in [0.15, 0.2) is 10.8 Å². The second kappa shape index (κ2) is 6.44. The predicted molar refractivity (Wildman–Crippen MR) is 76.0 cm³/mol. The Labute approximate surface area is 122 Å². The Balaban J connectivity index is 1.74. The lowest BCUT2D eigenvalue weighted by molar-refractivity contribution is -0.120. The van der Waals surface area contributed by atoms with E-state index in [0.29, 0.717) is 28.8 Å². The molecule has 0 unspecified atom stereocenters. The smallest absolute Gasteiger partial charge is 0.355 e. The molecule has 2 rings (SSSR count). The fourth-order valence-corrected chi connectivity index (χ4v) is 2.80. The van der Waals surface area contributed by atoms with Crippen LogP contribution in [0.5, 0.6) is 0 Å². The number of aromatic nitrogens is 2. The second-order valence-corrected chi connectivity index (χ2v) is 5.72. The van der Waals surface area contributed by atoms with E-state index in [-0.39, 0.29) is 18.0 Å². The summed E-state index contributed by atoms with van der Waals surface area (Å²) in [5.74, 6) is -1.19. The molecule has 2 heterocycles. The number of hydrogen-bond acceptors (Lipinski definition) is 7. The monoisotopic (exact) mass is 312 g/mol. The number of aromatic carboxylic acids is 1. The van der Waals surface area contributed by atoms with Gasteiger partial charge in [-0.1, -0.05) is 0 Å². The van der Waals surface area contributed by atoms with Crippen LogP contribution in [0.3, 0.4) is 0 Å². The van der Waals surface area contributed by atoms with Gasteiger partial charge in [-0.2, -0.15) is 0 Å². The SMILES string of the molecule is Nc1nc(CC(=O)NCCc2nc(C(=O)O)cs2)cs1. The zero-order valence-corrected chi connectivity index (χ0v) is 12.0. The van der Waals surface area contributed by atoms with E-state index < -0.39 is 5.97 Å². The topological polar surface area (TPSA) is 118 Å². The molecular formula is C11H12N4O3S2. The molecule has 20 heavy (non-hydrogen) atoms. The van der Waals surface area contributed by atoms with E-state index in [1.165, 1.54) is 28.1 Å². The number of thiazole rings is 2. The molecule has 2 aromatic heterocycles. The summed E-state index contributed by atoms with van der Waals surface area (Å²) < 4.78 is 0. The highest BCUT2D eigenvalue weighted by atomic mass is 32.1. The lowest BCUT2D eigenvalue weighted by Crippen LogP contribution is -2.27. The Bertz CT molecular complexity index is 623. The summed E-state index contributed by atoms with van der Waals surface area (Å²) in [6.45, 7) is 0.408. The van der Waals surface area contributed by atoms with Crippen LogP contribution in [-0.4, -0.2) is 33.5 Å². The number of anilines is 1. The van der Waals surface area contributed by atoms with Crippen molar-refractivity contribution in [2.24, 2.45) is 0 Å². The fourth-order valence-electron chi connectivity index (χ4n) is 1.46. The molecular weight excluding hydrogens is 300 g/mol. The van der Waals surface area contributed by atoms with Crippen LogP contribution in [0.25, 0.3) is 0 Å². The molecule has 0 aliphatic rings. The van der Waals surface area contributed by atoms with Gasteiger partial charge in [0, 0.05) is 23.7 Å². The molecule has 0 bridgehead atoms. The van der Waals surface area contributed by atoms with Crippen LogP contribution in [0.4, 0.5) is 5.13 Å². The van der Waals surface area contributed by atoms with Crippen LogP contribution in [0, 0.1) is 0 Å². The van der Waals surface area contributed by atoms with Crippen molar-refractivity contribution in [1.29, 1.82) is 0 Å². The van der Waals surface area contributed by atoms with Gasteiger partial charge < -0.3 is 16.2 Å². The third kappa shape index (κ3) is 4.00. The first kappa shape index (κ1) is 14.4. The van der Waals surface area contributed by atoms with E-state index >= 15 is 0 Å². The van der Waals surface area contributed by atoms with Gasteiger partial charge in [0.1, 0.15) is 0 Å². The average Bonchev–Trinajstić information content (AvgIpc) is 2.99. The van der Waals surface area contributed by atoms with Crippen molar-refractivity contribution in [2.45, 2.75) is 12.8 Å². The molecule has 0 spiro atoms. The summed E-state index contributed by atoms with van der Waals surface area (Å²) in [4.78, 5) is 30.2. The zero-order valence-electron chi connectivity index (χ0n) is 10.3. The summed E-state index contributed by atoms with van der Waals surface area (Å²) >= 11 is 2.56. The Morgan fingerprint density at radius 1 is 1.30 bits per heavy atom. The van der Waals surface area contributed by atoms with E-state index in [1.54, 1.807) is 5.38 Å². The summed E-state index contributed by atoms with van der Waals surface area (Å²) in [5.41, 5.74) is 6.16. The molecule has 2 aromatic rings. The molecule has 0 atom stereocenters. The number of carbonyl (C=O) groups is 2. The standard InChI is InChI=1S/C11H12N4O3S2/c12-11-14-6(4-20-11)3-8(16)13-2-1-9-15-7(5-19-9)10(17)18/h4-5H,1-3H2,(H2,12,14)(H,13,16)(H,17,18). The highest BCUT2D eigenvalue weighted by Gasteiger charge is 2.09. The van der Waals surface area contributed by atoms with E-state index in [4.69, 9.17) is 10.8 Å². The molecule has 0 aromatic carbocycles. The number of carboxylic acid groups (broad SMARTS) is 1. The van der Waals surface area contributed by atoms with Crippen molar-refractivity contribution in [3.63, 3.8) is 0 Å². The van der Waals surface area contributed by atoms with Crippen molar-refractivity contribution in [3.8, 4) is 0 Å². The van der Waals surface area contributed by atoms with E-state index in [9.17, 15) is 9.59 Å². The third-order valence-corrected chi connectivity index (χ3v) is 3.97.